The van der Waals surface area contributed by atoms with Crippen LogP contribution in [0.25, 0.3) is 21.3 Å². The van der Waals surface area contributed by atoms with Crippen molar-refractivity contribution in [2.75, 3.05) is 0 Å². The van der Waals surface area contributed by atoms with Gasteiger partial charge in [0, 0.05) is 23.9 Å². The van der Waals surface area contributed by atoms with Gasteiger partial charge in [-0.15, -0.1) is 11.3 Å². The zero-order valence-electron chi connectivity index (χ0n) is 14.6. The molecule has 1 aliphatic rings. The van der Waals surface area contributed by atoms with Crippen LogP contribution in [0, 0.1) is 0 Å². The second-order valence-electron chi connectivity index (χ2n) is 6.69. The summed E-state index contributed by atoms with van der Waals surface area (Å²) in [5.41, 5.74) is 2.88. The second-order valence-corrected chi connectivity index (χ2v) is 7.57. The van der Waals surface area contributed by atoms with Gasteiger partial charge in [-0.3, -0.25) is 14.2 Å². The molecule has 1 aromatic carbocycles. The van der Waals surface area contributed by atoms with Crippen LogP contribution in [0.2, 0.25) is 0 Å². The summed E-state index contributed by atoms with van der Waals surface area (Å²) in [5, 5.41) is 2.01. The van der Waals surface area contributed by atoms with Gasteiger partial charge >= 0.3 is 5.97 Å². The molecule has 0 spiro atoms. The van der Waals surface area contributed by atoms with E-state index in [4.69, 9.17) is 4.74 Å². The fraction of sp³-hybridized carbons (Fsp3) is 0.350. The number of benzene rings is 1. The summed E-state index contributed by atoms with van der Waals surface area (Å²) in [6, 6.07) is 10.1. The van der Waals surface area contributed by atoms with E-state index in [1.54, 1.807) is 10.9 Å². The maximum absolute atomic E-state index is 13.0. The van der Waals surface area contributed by atoms with E-state index in [0.717, 1.165) is 42.3 Å². The van der Waals surface area contributed by atoms with Gasteiger partial charge in [-0.05, 0) is 31.2 Å². The van der Waals surface area contributed by atoms with Gasteiger partial charge in [-0.2, -0.15) is 0 Å². The summed E-state index contributed by atoms with van der Waals surface area (Å²) in [4.78, 5) is 28.7. The monoisotopic (exact) mass is 368 g/mol. The summed E-state index contributed by atoms with van der Waals surface area (Å²) >= 11 is 1.46. The predicted octanol–water partition coefficient (Wildman–Crippen LogP) is 4.17. The Kier molecular flexibility index (Phi) is 4.59. The molecule has 0 saturated heterocycles. The lowest BCUT2D eigenvalue weighted by atomic mass is 9.92. The van der Waals surface area contributed by atoms with E-state index in [9.17, 15) is 9.59 Å². The lowest BCUT2D eigenvalue weighted by Gasteiger charge is -2.29. The third-order valence-electron chi connectivity index (χ3n) is 4.96. The quantitative estimate of drug-likeness (QED) is 0.651. The summed E-state index contributed by atoms with van der Waals surface area (Å²) in [6.45, 7) is 1.44. The van der Waals surface area contributed by atoms with Crippen molar-refractivity contribution < 1.29 is 9.53 Å². The molecule has 0 N–H and O–H groups in total. The Morgan fingerprint density at radius 3 is 2.62 bits per heavy atom. The molecule has 0 atom stereocenters. The zero-order valence-corrected chi connectivity index (χ0v) is 15.4. The molecule has 0 amide bonds. The first-order valence-corrected chi connectivity index (χ1v) is 9.72. The fourth-order valence-electron chi connectivity index (χ4n) is 3.68. The lowest BCUT2D eigenvalue weighted by Crippen LogP contribution is -2.30. The maximum atomic E-state index is 13.0. The molecular formula is C20H20N2O3S. The lowest BCUT2D eigenvalue weighted by molar-refractivity contribution is -0.148. The highest BCUT2D eigenvalue weighted by atomic mass is 32.1. The molecule has 2 heterocycles. The highest BCUT2D eigenvalue weighted by Crippen LogP contribution is 2.33. The minimum atomic E-state index is -0.235. The van der Waals surface area contributed by atoms with Gasteiger partial charge in [0.15, 0.2) is 0 Å². The van der Waals surface area contributed by atoms with Gasteiger partial charge in [0.1, 0.15) is 10.8 Å². The highest BCUT2D eigenvalue weighted by molar-refractivity contribution is 7.17. The summed E-state index contributed by atoms with van der Waals surface area (Å²) in [7, 11) is 0. The van der Waals surface area contributed by atoms with Gasteiger partial charge < -0.3 is 4.74 Å². The zero-order chi connectivity index (χ0) is 18.1. The van der Waals surface area contributed by atoms with Crippen LogP contribution in [0.3, 0.4) is 0 Å². The van der Waals surface area contributed by atoms with E-state index in [-0.39, 0.29) is 23.7 Å². The van der Waals surface area contributed by atoms with Gasteiger partial charge in [-0.1, -0.05) is 30.3 Å². The molecule has 1 fully saturated rings. The topological polar surface area (TPSA) is 61.2 Å². The van der Waals surface area contributed by atoms with Crippen molar-refractivity contribution in [2.45, 2.75) is 44.8 Å². The first-order chi connectivity index (χ1) is 12.6. The summed E-state index contributed by atoms with van der Waals surface area (Å²) < 4.78 is 7.75. The standard InChI is InChI=1S/C20H20N2O3S/c1-13(23)25-16-9-7-15(8-10-16)22-12-21-18-17(11-26-19(18)20(22)24)14-5-3-2-4-6-14/h2-6,11-12,15-16H,7-10H2,1H3/t15-,16-. The van der Waals surface area contributed by atoms with E-state index in [1.165, 1.54) is 18.3 Å². The van der Waals surface area contributed by atoms with Crippen molar-refractivity contribution >= 4 is 27.5 Å². The first-order valence-electron chi connectivity index (χ1n) is 8.84. The van der Waals surface area contributed by atoms with Crippen molar-refractivity contribution in [3.05, 3.63) is 52.4 Å². The number of rotatable bonds is 3. The van der Waals surface area contributed by atoms with E-state index in [2.05, 4.69) is 4.98 Å². The van der Waals surface area contributed by atoms with Gasteiger partial charge in [0.2, 0.25) is 0 Å². The molecule has 0 aliphatic heterocycles. The Labute approximate surface area is 155 Å². The number of hydrogen-bond acceptors (Lipinski definition) is 5. The van der Waals surface area contributed by atoms with E-state index in [0.29, 0.717) is 4.70 Å². The third-order valence-corrected chi connectivity index (χ3v) is 5.92. The van der Waals surface area contributed by atoms with E-state index < -0.39 is 0 Å². The Hall–Kier alpha value is -2.47. The predicted molar refractivity (Wildman–Crippen MR) is 102 cm³/mol. The number of fused-ring (bicyclic) bond motifs is 1. The van der Waals surface area contributed by atoms with Crippen LogP contribution in [0.5, 0.6) is 0 Å². The SMILES string of the molecule is CC(=O)O[C@H]1CC[C@H](n2cnc3c(-c4ccccc4)csc3c2=O)CC1. The molecule has 26 heavy (non-hydrogen) atoms. The van der Waals surface area contributed by atoms with Crippen LogP contribution in [0.15, 0.2) is 46.8 Å². The number of carbonyl (C=O) groups excluding carboxylic acids is 1. The molecule has 0 radical (unpaired) electrons. The molecule has 4 rings (SSSR count). The Morgan fingerprint density at radius 2 is 1.92 bits per heavy atom. The molecule has 134 valence electrons. The number of aromatic nitrogens is 2. The smallest absolute Gasteiger partial charge is 0.302 e. The Balaban J connectivity index is 1.62. The van der Waals surface area contributed by atoms with Crippen LogP contribution in [-0.2, 0) is 9.53 Å². The number of nitrogens with zero attached hydrogens (tertiary/aromatic N) is 2. The fourth-order valence-corrected chi connectivity index (χ4v) is 4.64. The van der Waals surface area contributed by atoms with E-state index >= 15 is 0 Å². The van der Waals surface area contributed by atoms with Crippen molar-refractivity contribution in [1.82, 2.24) is 9.55 Å². The molecule has 5 nitrogen and oxygen atoms in total. The molecule has 0 unspecified atom stereocenters. The largest absolute Gasteiger partial charge is 0.463 e. The van der Waals surface area contributed by atoms with Crippen LogP contribution in [0.4, 0.5) is 0 Å². The Bertz CT molecular complexity index is 985. The van der Waals surface area contributed by atoms with Crippen molar-refractivity contribution in [3.63, 3.8) is 0 Å². The van der Waals surface area contributed by atoms with Gasteiger partial charge in [-0.25, -0.2) is 4.98 Å². The number of thiophene rings is 1. The normalized spacial score (nSPS) is 20.2. The third kappa shape index (κ3) is 3.17. The summed E-state index contributed by atoms with van der Waals surface area (Å²) in [6.07, 6.45) is 4.87. The van der Waals surface area contributed by atoms with Crippen LogP contribution in [-0.4, -0.2) is 21.6 Å². The van der Waals surface area contributed by atoms with Crippen LogP contribution < -0.4 is 5.56 Å². The van der Waals surface area contributed by atoms with Crippen LogP contribution in [0.1, 0.15) is 38.6 Å². The van der Waals surface area contributed by atoms with Gasteiger partial charge in [0.05, 0.1) is 11.8 Å². The number of ether oxygens (including phenoxy) is 1. The highest BCUT2D eigenvalue weighted by Gasteiger charge is 2.25. The Morgan fingerprint density at radius 1 is 1.19 bits per heavy atom. The number of carbonyl (C=O) groups is 1. The van der Waals surface area contributed by atoms with Crippen molar-refractivity contribution in [1.29, 1.82) is 0 Å². The summed E-state index contributed by atoms with van der Waals surface area (Å²) in [5.74, 6) is -0.235. The molecule has 1 saturated carbocycles. The van der Waals surface area contributed by atoms with E-state index in [1.807, 2.05) is 35.7 Å². The molecule has 1 aliphatic carbocycles. The van der Waals surface area contributed by atoms with Crippen molar-refractivity contribution in [3.8, 4) is 11.1 Å². The second kappa shape index (κ2) is 7.03. The van der Waals surface area contributed by atoms with Gasteiger partial charge in [0.25, 0.3) is 5.56 Å². The minimum Gasteiger partial charge on any atom is -0.463 e. The molecule has 3 aromatic rings. The number of esters is 1. The average molecular weight is 368 g/mol. The number of hydrogen-bond donors (Lipinski definition) is 0. The average Bonchev–Trinajstić information content (AvgIpc) is 3.08. The molecular weight excluding hydrogens is 348 g/mol. The molecule has 6 heteroatoms. The molecule has 0 bridgehead atoms. The van der Waals surface area contributed by atoms with Crippen LogP contribution >= 0.6 is 11.3 Å². The first kappa shape index (κ1) is 17.0. The molecule has 2 aromatic heterocycles. The maximum Gasteiger partial charge on any atom is 0.302 e. The minimum absolute atomic E-state index is 0.0254. The van der Waals surface area contributed by atoms with Crippen molar-refractivity contribution in [2.24, 2.45) is 0 Å².